The van der Waals surface area contributed by atoms with Crippen LogP contribution in [-0.2, 0) is 39.9 Å². The van der Waals surface area contributed by atoms with Crippen LogP contribution in [0.2, 0.25) is 0 Å². The molecule has 1 aliphatic heterocycles. The highest BCUT2D eigenvalue weighted by Crippen LogP contribution is 2.45. The lowest BCUT2D eigenvalue weighted by atomic mass is 10.1. The molecule has 1 heterocycles. The monoisotopic (exact) mass is 613 g/mol. The van der Waals surface area contributed by atoms with Gasteiger partial charge < -0.3 is 34.5 Å². The summed E-state index contributed by atoms with van der Waals surface area (Å²) in [4.78, 5) is 55.0. The Morgan fingerprint density at radius 2 is 1.89 bits per heavy atom. The number of alkyl carbamates (subject to hydrolysis) is 1. The number of hydrogen-bond acceptors (Lipinski definition) is 8. The number of carbonyl (C=O) groups is 4. The first-order valence-electron chi connectivity index (χ1n) is 15.2. The number of hydrogen-bond donors (Lipinski definition) is 2. The summed E-state index contributed by atoms with van der Waals surface area (Å²) in [7, 11) is 0. The Balaban J connectivity index is 1.83. The molecule has 2 aliphatic rings. The normalized spacial score (nSPS) is 23.3. The van der Waals surface area contributed by atoms with Crippen LogP contribution in [0.25, 0.3) is 0 Å². The molecule has 1 saturated carbocycles. The minimum Gasteiger partial charge on any atom is -0.464 e. The third-order valence-corrected chi connectivity index (χ3v) is 7.47. The second-order valence-corrected chi connectivity index (χ2v) is 12.1. The largest absolute Gasteiger partial charge is 0.464 e. The molecule has 0 spiro atoms. The van der Waals surface area contributed by atoms with Crippen molar-refractivity contribution in [3.8, 4) is 0 Å². The molecule has 1 aromatic carbocycles. The van der Waals surface area contributed by atoms with E-state index in [2.05, 4.69) is 23.8 Å². The third-order valence-electron chi connectivity index (χ3n) is 7.47. The van der Waals surface area contributed by atoms with Gasteiger partial charge in [0.2, 0.25) is 11.8 Å². The zero-order chi connectivity index (χ0) is 32.3. The molecular formula is C33H47N3O8. The molecule has 11 heteroatoms. The Morgan fingerprint density at radius 1 is 1.16 bits per heavy atom. The third kappa shape index (κ3) is 9.65. The highest BCUT2D eigenvalue weighted by molar-refractivity contribution is 5.96. The summed E-state index contributed by atoms with van der Waals surface area (Å²) in [6.45, 7) is 15.6. The van der Waals surface area contributed by atoms with Crippen LogP contribution in [0.4, 0.5) is 4.79 Å². The molecular weight excluding hydrogens is 566 g/mol. The molecule has 2 fully saturated rings. The number of rotatable bonds is 16. The first-order valence-corrected chi connectivity index (χ1v) is 15.2. The molecule has 5 atom stereocenters. The van der Waals surface area contributed by atoms with Crippen molar-refractivity contribution in [2.24, 2.45) is 5.92 Å². The van der Waals surface area contributed by atoms with E-state index in [4.69, 9.17) is 18.9 Å². The van der Waals surface area contributed by atoms with Gasteiger partial charge in [-0.25, -0.2) is 9.59 Å². The van der Waals surface area contributed by atoms with Gasteiger partial charge in [0.05, 0.1) is 25.9 Å². The maximum absolute atomic E-state index is 14.1. The lowest BCUT2D eigenvalue weighted by Crippen LogP contribution is -2.56. The lowest BCUT2D eigenvalue weighted by molar-refractivity contribution is -0.150. The number of carbonyl (C=O) groups excluding carboxylic acids is 4. The molecule has 0 unspecified atom stereocenters. The molecule has 3 rings (SSSR count). The van der Waals surface area contributed by atoms with E-state index in [1.165, 1.54) is 4.90 Å². The SMILES string of the molecule is C=CCOCCC[C@H](NC(=O)OC(C)(C)C)C(=O)N1C[C@H](OCc2ccccc2)C[C@H]1C(=O)N[C@]1(C(=O)OCC)C[C@H]1C=C. The summed E-state index contributed by atoms with van der Waals surface area (Å²) in [5.41, 5.74) is -1.04. The highest BCUT2D eigenvalue weighted by atomic mass is 16.6. The van der Waals surface area contributed by atoms with Crippen LogP contribution in [0.5, 0.6) is 0 Å². The van der Waals surface area contributed by atoms with Crippen molar-refractivity contribution in [2.45, 2.75) is 89.3 Å². The average Bonchev–Trinajstić information content (AvgIpc) is 3.52. The Labute approximate surface area is 260 Å². The van der Waals surface area contributed by atoms with Gasteiger partial charge in [0.25, 0.3) is 0 Å². The zero-order valence-corrected chi connectivity index (χ0v) is 26.3. The number of likely N-dealkylation sites (tertiary alicyclic amines) is 1. The van der Waals surface area contributed by atoms with Crippen molar-refractivity contribution in [1.82, 2.24) is 15.5 Å². The topological polar surface area (TPSA) is 132 Å². The van der Waals surface area contributed by atoms with Crippen LogP contribution >= 0.6 is 0 Å². The van der Waals surface area contributed by atoms with Crippen LogP contribution in [0, 0.1) is 5.92 Å². The molecule has 1 aromatic rings. The van der Waals surface area contributed by atoms with E-state index in [-0.39, 0.29) is 31.9 Å². The van der Waals surface area contributed by atoms with Gasteiger partial charge >= 0.3 is 12.1 Å². The predicted molar refractivity (Wildman–Crippen MR) is 164 cm³/mol. The molecule has 1 aliphatic carbocycles. The fourth-order valence-corrected chi connectivity index (χ4v) is 5.23. The fourth-order valence-electron chi connectivity index (χ4n) is 5.23. The molecule has 242 valence electrons. The number of nitrogens with zero attached hydrogens (tertiary/aromatic N) is 1. The molecule has 0 radical (unpaired) electrons. The molecule has 2 N–H and O–H groups in total. The summed E-state index contributed by atoms with van der Waals surface area (Å²) in [6, 6.07) is 7.67. The molecule has 3 amide bonds. The van der Waals surface area contributed by atoms with Gasteiger partial charge in [-0.15, -0.1) is 13.2 Å². The van der Waals surface area contributed by atoms with E-state index in [9.17, 15) is 19.2 Å². The van der Waals surface area contributed by atoms with Gasteiger partial charge in [0.15, 0.2) is 0 Å². The fraction of sp³-hybridized carbons (Fsp3) is 0.576. The van der Waals surface area contributed by atoms with E-state index in [0.717, 1.165) is 5.56 Å². The Kier molecular flexibility index (Phi) is 12.5. The van der Waals surface area contributed by atoms with Crippen LogP contribution in [0.1, 0.15) is 58.9 Å². The van der Waals surface area contributed by atoms with Crippen LogP contribution < -0.4 is 10.6 Å². The zero-order valence-electron chi connectivity index (χ0n) is 26.3. The molecule has 1 saturated heterocycles. The average molecular weight is 614 g/mol. The number of nitrogens with one attached hydrogen (secondary N) is 2. The van der Waals surface area contributed by atoms with Gasteiger partial charge in [-0.2, -0.15) is 0 Å². The van der Waals surface area contributed by atoms with E-state index in [1.54, 1.807) is 39.8 Å². The van der Waals surface area contributed by atoms with Crippen molar-refractivity contribution >= 4 is 23.9 Å². The van der Waals surface area contributed by atoms with Crippen molar-refractivity contribution < 1.29 is 38.1 Å². The first kappa shape index (κ1) is 34.8. The van der Waals surface area contributed by atoms with Gasteiger partial charge in [-0.05, 0) is 52.5 Å². The van der Waals surface area contributed by atoms with Gasteiger partial charge in [-0.3, -0.25) is 9.59 Å². The van der Waals surface area contributed by atoms with Crippen molar-refractivity contribution in [3.05, 3.63) is 61.2 Å². The number of benzene rings is 1. The minimum atomic E-state index is -1.22. The van der Waals surface area contributed by atoms with Crippen LogP contribution in [0.15, 0.2) is 55.6 Å². The first-order chi connectivity index (χ1) is 20.9. The smallest absolute Gasteiger partial charge is 0.408 e. The maximum Gasteiger partial charge on any atom is 0.408 e. The van der Waals surface area contributed by atoms with Crippen molar-refractivity contribution in [3.63, 3.8) is 0 Å². The van der Waals surface area contributed by atoms with E-state index in [1.807, 2.05) is 30.3 Å². The molecule has 44 heavy (non-hydrogen) atoms. The van der Waals surface area contributed by atoms with E-state index >= 15 is 0 Å². The Morgan fingerprint density at radius 3 is 2.50 bits per heavy atom. The quantitative estimate of drug-likeness (QED) is 0.164. The summed E-state index contributed by atoms with van der Waals surface area (Å²) in [5.74, 6) is -1.76. The van der Waals surface area contributed by atoms with Crippen molar-refractivity contribution in [2.75, 3.05) is 26.4 Å². The Hall–Kier alpha value is -3.70. The summed E-state index contributed by atoms with van der Waals surface area (Å²) < 4.78 is 22.3. The summed E-state index contributed by atoms with van der Waals surface area (Å²) in [6.07, 6.45) is 3.34. The van der Waals surface area contributed by atoms with E-state index in [0.29, 0.717) is 32.7 Å². The van der Waals surface area contributed by atoms with E-state index < -0.39 is 53.2 Å². The predicted octanol–water partition coefficient (Wildman–Crippen LogP) is 3.67. The highest BCUT2D eigenvalue weighted by Gasteiger charge is 2.62. The summed E-state index contributed by atoms with van der Waals surface area (Å²) in [5, 5.41) is 5.57. The Bertz CT molecular complexity index is 1170. The number of esters is 1. The van der Waals surface area contributed by atoms with Gasteiger partial charge in [0.1, 0.15) is 23.2 Å². The molecule has 11 nitrogen and oxygen atoms in total. The van der Waals surface area contributed by atoms with Crippen LogP contribution in [0.3, 0.4) is 0 Å². The lowest BCUT2D eigenvalue weighted by Gasteiger charge is -2.30. The van der Waals surface area contributed by atoms with Gasteiger partial charge in [-0.1, -0.05) is 42.5 Å². The number of ether oxygens (including phenoxy) is 4. The molecule has 0 bridgehead atoms. The minimum absolute atomic E-state index is 0.126. The van der Waals surface area contributed by atoms with Crippen LogP contribution in [-0.4, -0.2) is 84.5 Å². The van der Waals surface area contributed by atoms with Crippen molar-refractivity contribution in [1.29, 1.82) is 0 Å². The van der Waals surface area contributed by atoms with Gasteiger partial charge in [0, 0.05) is 25.5 Å². The number of amides is 3. The second-order valence-electron chi connectivity index (χ2n) is 12.1. The molecule has 0 aromatic heterocycles. The standard InChI is InChI=1S/C33H47N3O8/c1-7-17-41-18-13-16-26(34-31(40)44-32(4,5)6)29(38)36-21-25(43-22-23-14-11-10-12-15-23)19-27(36)28(37)35-33(20-24(33)8-2)30(39)42-9-3/h7-8,10-12,14-15,24-27H,1-2,9,13,16-22H2,3-6H3,(H,34,40)(H,35,37)/t24-,25-,26+,27+,33-/m1/s1. The summed E-state index contributed by atoms with van der Waals surface area (Å²) >= 11 is 0. The second kappa shape index (κ2) is 15.9. The maximum atomic E-state index is 14.1.